The third-order valence-corrected chi connectivity index (χ3v) is 2.75. The summed E-state index contributed by atoms with van der Waals surface area (Å²) in [6, 6.07) is 2.15. The van der Waals surface area contributed by atoms with Crippen LogP contribution in [0.15, 0.2) is 18.3 Å². The van der Waals surface area contributed by atoms with Crippen molar-refractivity contribution < 1.29 is 22.7 Å². The summed E-state index contributed by atoms with van der Waals surface area (Å²) in [4.78, 5) is 15.2. The monoisotopic (exact) mass is 333 g/mol. The second kappa shape index (κ2) is 7.63. The Bertz CT molecular complexity index is 516. The van der Waals surface area contributed by atoms with Crippen molar-refractivity contribution in [3.8, 4) is 0 Å². The summed E-state index contributed by atoms with van der Waals surface area (Å²) in [6.07, 6.45) is 0.126. The number of aromatic nitrogens is 1. The maximum absolute atomic E-state index is 13.7. The largest absolute Gasteiger partial charge is 0.444 e. The Morgan fingerprint density at radius 3 is 2.48 bits per heavy atom. The molecule has 0 saturated carbocycles. The average Bonchev–Trinajstić information content (AvgIpc) is 2.42. The van der Waals surface area contributed by atoms with Crippen LogP contribution in [0.2, 0.25) is 0 Å². The van der Waals surface area contributed by atoms with Gasteiger partial charge in [0.25, 0.3) is 5.92 Å². The van der Waals surface area contributed by atoms with E-state index in [0.29, 0.717) is 5.69 Å². The molecule has 0 saturated heterocycles. The second-order valence-electron chi connectivity index (χ2n) is 6.22. The third-order valence-electron chi connectivity index (χ3n) is 2.75. The van der Waals surface area contributed by atoms with Crippen molar-refractivity contribution >= 4 is 6.09 Å². The maximum Gasteiger partial charge on any atom is 0.407 e. The van der Waals surface area contributed by atoms with E-state index in [9.17, 15) is 18.0 Å². The fourth-order valence-electron chi connectivity index (χ4n) is 1.63. The Hall–Kier alpha value is -1.83. The molecular formula is C15H22F3N3O2. The van der Waals surface area contributed by atoms with Gasteiger partial charge in [-0.15, -0.1) is 0 Å². The topological polar surface area (TPSA) is 63.2 Å². The number of alkyl carbamates (subject to hydrolysis) is 1. The summed E-state index contributed by atoms with van der Waals surface area (Å²) >= 11 is 0. The van der Waals surface area contributed by atoms with Gasteiger partial charge in [0.15, 0.2) is 0 Å². The van der Waals surface area contributed by atoms with E-state index in [2.05, 4.69) is 10.3 Å². The number of rotatable bonds is 6. The molecule has 1 atom stereocenters. The lowest BCUT2D eigenvalue weighted by Gasteiger charge is -2.23. The zero-order chi connectivity index (χ0) is 17.7. The van der Waals surface area contributed by atoms with Gasteiger partial charge in [-0.3, -0.25) is 4.98 Å². The first-order valence-electron chi connectivity index (χ1n) is 7.18. The molecule has 0 aromatic carbocycles. The SMILES string of the molecule is CC(NCC(F)(F)CNC(=O)OC(C)(C)C)c1ccc(F)cn1. The molecule has 1 unspecified atom stereocenters. The van der Waals surface area contributed by atoms with E-state index in [-0.39, 0.29) is 0 Å². The molecule has 0 aliphatic heterocycles. The van der Waals surface area contributed by atoms with E-state index in [1.807, 2.05) is 5.32 Å². The van der Waals surface area contributed by atoms with Gasteiger partial charge in [-0.2, -0.15) is 0 Å². The summed E-state index contributed by atoms with van der Waals surface area (Å²) in [5.74, 6) is -3.65. The number of carbonyl (C=O) groups excluding carboxylic acids is 1. The van der Waals surface area contributed by atoms with Gasteiger partial charge in [0.2, 0.25) is 0 Å². The normalized spacial score (nSPS) is 13.5. The predicted molar refractivity (Wildman–Crippen MR) is 79.8 cm³/mol. The van der Waals surface area contributed by atoms with Gasteiger partial charge >= 0.3 is 6.09 Å². The molecule has 23 heavy (non-hydrogen) atoms. The van der Waals surface area contributed by atoms with Crippen molar-refractivity contribution in [3.63, 3.8) is 0 Å². The van der Waals surface area contributed by atoms with Crippen LogP contribution in [0.25, 0.3) is 0 Å². The molecule has 5 nitrogen and oxygen atoms in total. The van der Waals surface area contributed by atoms with E-state index in [1.165, 1.54) is 12.1 Å². The predicted octanol–water partition coefficient (Wildman–Crippen LogP) is 3.03. The number of halogens is 3. The molecule has 0 spiro atoms. The number of amides is 1. The Labute approximate surface area is 133 Å². The van der Waals surface area contributed by atoms with Crippen LogP contribution in [0.3, 0.4) is 0 Å². The van der Waals surface area contributed by atoms with E-state index in [0.717, 1.165) is 6.20 Å². The molecular weight excluding hydrogens is 311 g/mol. The molecule has 0 aliphatic rings. The van der Waals surface area contributed by atoms with Gasteiger partial charge in [-0.1, -0.05) is 0 Å². The molecule has 0 bridgehead atoms. The van der Waals surface area contributed by atoms with Crippen LogP contribution in [0, 0.1) is 5.82 Å². The van der Waals surface area contributed by atoms with Gasteiger partial charge in [0.05, 0.1) is 25.0 Å². The summed E-state index contributed by atoms with van der Waals surface area (Å²) in [5.41, 5.74) is -0.303. The molecule has 2 N–H and O–H groups in total. The van der Waals surface area contributed by atoms with Crippen molar-refractivity contribution in [1.29, 1.82) is 0 Å². The minimum Gasteiger partial charge on any atom is -0.444 e. The van der Waals surface area contributed by atoms with Gasteiger partial charge in [-0.25, -0.2) is 18.0 Å². The highest BCUT2D eigenvalue weighted by Gasteiger charge is 2.31. The average molecular weight is 333 g/mol. The molecule has 1 aromatic rings. The molecule has 1 rings (SSSR count). The summed E-state index contributed by atoms with van der Waals surface area (Å²) in [6.45, 7) is 5.05. The van der Waals surface area contributed by atoms with Gasteiger partial charge in [0, 0.05) is 6.04 Å². The number of hydrogen-bond donors (Lipinski definition) is 2. The van der Waals surface area contributed by atoms with Crippen LogP contribution >= 0.6 is 0 Å². The second-order valence-corrected chi connectivity index (χ2v) is 6.22. The Morgan fingerprint density at radius 1 is 1.30 bits per heavy atom. The zero-order valence-corrected chi connectivity index (χ0v) is 13.6. The fourth-order valence-corrected chi connectivity index (χ4v) is 1.63. The zero-order valence-electron chi connectivity index (χ0n) is 13.6. The number of alkyl halides is 2. The lowest BCUT2D eigenvalue weighted by atomic mass is 10.2. The van der Waals surface area contributed by atoms with Crippen LogP contribution in [0.1, 0.15) is 39.4 Å². The van der Waals surface area contributed by atoms with Crippen LogP contribution in [0.4, 0.5) is 18.0 Å². The quantitative estimate of drug-likeness (QED) is 0.840. The maximum atomic E-state index is 13.7. The lowest BCUT2D eigenvalue weighted by Crippen LogP contribution is -2.45. The highest BCUT2D eigenvalue weighted by atomic mass is 19.3. The van der Waals surface area contributed by atoms with Gasteiger partial charge in [-0.05, 0) is 39.8 Å². The molecule has 130 valence electrons. The summed E-state index contributed by atoms with van der Waals surface area (Å²) in [7, 11) is 0. The molecule has 1 amide bonds. The van der Waals surface area contributed by atoms with Crippen molar-refractivity contribution in [2.24, 2.45) is 0 Å². The number of nitrogens with one attached hydrogen (secondary N) is 2. The molecule has 1 heterocycles. The Morgan fingerprint density at radius 2 is 1.96 bits per heavy atom. The smallest absolute Gasteiger partial charge is 0.407 e. The standard InChI is InChI=1S/C15H22F3N3O2/c1-10(12-6-5-11(16)7-19-12)20-8-15(17,18)9-21-13(22)23-14(2,3)4/h5-7,10,20H,8-9H2,1-4H3,(H,21,22). The van der Waals surface area contributed by atoms with Crippen molar-refractivity contribution in [1.82, 2.24) is 15.6 Å². The number of pyridine rings is 1. The number of hydrogen-bond acceptors (Lipinski definition) is 4. The molecule has 1 aromatic heterocycles. The molecule has 0 aliphatic carbocycles. The van der Waals surface area contributed by atoms with Crippen molar-refractivity contribution in [2.75, 3.05) is 13.1 Å². The number of ether oxygens (including phenoxy) is 1. The van der Waals surface area contributed by atoms with E-state index in [1.54, 1.807) is 27.7 Å². The summed E-state index contributed by atoms with van der Waals surface area (Å²) in [5, 5.41) is 4.64. The first-order valence-corrected chi connectivity index (χ1v) is 7.18. The minimum atomic E-state index is -3.16. The van der Waals surface area contributed by atoms with Gasteiger partial charge < -0.3 is 15.4 Å². The van der Waals surface area contributed by atoms with Crippen LogP contribution in [-0.2, 0) is 4.74 Å². The minimum absolute atomic E-state index is 0.447. The van der Waals surface area contributed by atoms with E-state index in [4.69, 9.17) is 4.74 Å². The van der Waals surface area contributed by atoms with E-state index >= 15 is 0 Å². The number of nitrogens with zero attached hydrogens (tertiary/aromatic N) is 1. The highest BCUT2D eigenvalue weighted by Crippen LogP contribution is 2.15. The molecule has 8 heteroatoms. The van der Waals surface area contributed by atoms with Crippen molar-refractivity contribution in [3.05, 3.63) is 29.8 Å². The van der Waals surface area contributed by atoms with Gasteiger partial charge in [0.1, 0.15) is 11.4 Å². The molecule has 0 radical (unpaired) electrons. The molecule has 0 fully saturated rings. The number of carbonyl (C=O) groups is 1. The summed E-state index contributed by atoms with van der Waals surface area (Å²) < 4.78 is 45.1. The van der Waals surface area contributed by atoms with Crippen LogP contribution < -0.4 is 10.6 Å². The van der Waals surface area contributed by atoms with Crippen LogP contribution in [-0.4, -0.2) is 35.7 Å². The fraction of sp³-hybridized carbons (Fsp3) is 0.600. The Balaban J connectivity index is 2.42. The Kier molecular flexibility index (Phi) is 6.37. The first kappa shape index (κ1) is 19.2. The third kappa shape index (κ3) is 7.83. The van der Waals surface area contributed by atoms with Crippen LogP contribution in [0.5, 0.6) is 0 Å². The first-order chi connectivity index (χ1) is 10.5. The highest BCUT2D eigenvalue weighted by molar-refractivity contribution is 5.67. The van der Waals surface area contributed by atoms with Crippen molar-refractivity contribution in [2.45, 2.75) is 45.3 Å². The van der Waals surface area contributed by atoms with E-state index < -0.39 is 42.6 Å². The lowest BCUT2D eigenvalue weighted by molar-refractivity contribution is -0.00533.